The van der Waals surface area contributed by atoms with Crippen molar-refractivity contribution in [3.05, 3.63) is 44.6 Å². The normalized spacial score (nSPS) is 10.6. The Morgan fingerprint density at radius 2 is 2.28 bits per heavy atom. The van der Waals surface area contributed by atoms with Crippen molar-refractivity contribution in [2.24, 2.45) is 0 Å². The van der Waals surface area contributed by atoms with Gasteiger partial charge in [-0.25, -0.2) is 9.37 Å². The van der Waals surface area contributed by atoms with Crippen molar-refractivity contribution in [2.45, 2.75) is 12.3 Å². The number of hydrogen-bond acceptors (Lipinski definition) is 3. The van der Waals surface area contributed by atoms with Crippen LogP contribution < -0.4 is 4.74 Å². The van der Waals surface area contributed by atoms with Crippen LogP contribution in [-0.2, 0) is 12.3 Å². The highest BCUT2D eigenvalue weighted by Gasteiger charge is 2.04. The molecule has 0 unspecified atom stereocenters. The highest BCUT2D eigenvalue weighted by atomic mass is 79.9. The first-order valence-corrected chi connectivity index (χ1v) is 7.47. The number of thiazole rings is 1. The van der Waals surface area contributed by atoms with Crippen molar-refractivity contribution in [1.29, 1.82) is 0 Å². The Hall–Kier alpha value is -0.650. The summed E-state index contributed by atoms with van der Waals surface area (Å²) in [6.07, 6.45) is 0.694. The molecule has 96 valence electrons. The van der Waals surface area contributed by atoms with Crippen LogP contribution in [0.5, 0.6) is 5.75 Å². The number of nitrogens with zero attached hydrogens (tertiary/aromatic N) is 1. The molecule has 0 aliphatic heterocycles. The summed E-state index contributed by atoms with van der Waals surface area (Å²) in [6, 6.07) is 4.70. The van der Waals surface area contributed by atoms with Gasteiger partial charge in [-0.05, 0) is 28.1 Å². The topological polar surface area (TPSA) is 22.1 Å². The van der Waals surface area contributed by atoms with Crippen molar-refractivity contribution in [2.75, 3.05) is 6.61 Å². The zero-order valence-electron chi connectivity index (χ0n) is 9.33. The van der Waals surface area contributed by atoms with E-state index in [0.29, 0.717) is 29.1 Å². The van der Waals surface area contributed by atoms with Crippen molar-refractivity contribution in [3.8, 4) is 5.75 Å². The van der Waals surface area contributed by atoms with Crippen LogP contribution in [0.3, 0.4) is 0 Å². The summed E-state index contributed by atoms with van der Waals surface area (Å²) in [4.78, 5) is 4.32. The second-order valence-corrected chi connectivity index (χ2v) is 5.60. The first-order chi connectivity index (χ1) is 8.69. The predicted molar refractivity (Wildman–Crippen MR) is 75.0 cm³/mol. The highest BCUT2D eigenvalue weighted by Crippen LogP contribution is 2.21. The van der Waals surface area contributed by atoms with Crippen molar-refractivity contribution in [1.82, 2.24) is 4.98 Å². The maximum atomic E-state index is 13.2. The van der Waals surface area contributed by atoms with Gasteiger partial charge < -0.3 is 4.74 Å². The van der Waals surface area contributed by atoms with Crippen LogP contribution in [0.15, 0.2) is 28.1 Å². The molecule has 0 saturated heterocycles. The third-order valence-corrected chi connectivity index (χ3v) is 4.09. The third kappa shape index (κ3) is 3.67. The average Bonchev–Trinajstić information content (AvgIpc) is 2.82. The Balaban J connectivity index is 1.86. The van der Waals surface area contributed by atoms with Gasteiger partial charge in [-0.3, -0.25) is 0 Å². The minimum atomic E-state index is -0.328. The van der Waals surface area contributed by atoms with Gasteiger partial charge in [-0.2, -0.15) is 0 Å². The van der Waals surface area contributed by atoms with Gasteiger partial charge in [0.25, 0.3) is 0 Å². The van der Waals surface area contributed by atoms with Crippen LogP contribution >= 0.6 is 38.9 Å². The lowest BCUT2D eigenvalue weighted by Crippen LogP contribution is -2.01. The van der Waals surface area contributed by atoms with E-state index in [1.54, 1.807) is 23.5 Å². The Labute approximate surface area is 122 Å². The van der Waals surface area contributed by atoms with E-state index >= 15 is 0 Å². The maximum Gasteiger partial charge on any atom is 0.141 e. The van der Waals surface area contributed by atoms with Crippen molar-refractivity contribution < 1.29 is 9.13 Å². The lowest BCUT2D eigenvalue weighted by molar-refractivity contribution is 0.320. The van der Waals surface area contributed by atoms with Crippen molar-refractivity contribution >= 4 is 38.9 Å². The second kappa shape index (κ2) is 6.50. The van der Waals surface area contributed by atoms with Crippen LogP contribution in [0.4, 0.5) is 4.39 Å². The Morgan fingerprint density at radius 3 is 2.94 bits per heavy atom. The molecule has 0 atom stereocenters. The van der Waals surface area contributed by atoms with Crippen LogP contribution in [0.2, 0.25) is 0 Å². The summed E-state index contributed by atoms with van der Waals surface area (Å²) in [5.74, 6) is 0.617. The highest BCUT2D eigenvalue weighted by molar-refractivity contribution is 9.10. The molecule has 2 aromatic rings. The molecule has 0 radical (unpaired) electrons. The second-order valence-electron chi connectivity index (χ2n) is 3.54. The predicted octanol–water partition coefficient (Wildman–Crippen LogP) is 4.41. The third-order valence-electron chi connectivity index (χ3n) is 2.21. The lowest BCUT2D eigenvalue weighted by Gasteiger charge is -2.05. The number of ether oxygens (including phenoxy) is 1. The van der Waals surface area contributed by atoms with Crippen LogP contribution in [0.1, 0.15) is 10.7 Å². The van der Waals surface area contributed by atoms with E-state index in [1.807, 2.05) is 5.38 Å². The molecule has 2 nitrogen and oxygen atoms in total. The van der Waals surface area contributed by atoms with E-state index in [1.165, 1.54) is 6.07 Å². The van der Waals surface area contributed by atoms with Gasteiger partial charge in [-0.15, -0.1) is 22.9 Å². The van der Waals surface area contributed by atoms with Crippen LogP contribution in [-0.4, -0.2) is 11.6 Å². The average molecular weight is 351 g/mol. The SMILES string of the molecule is Fc1cc(OCCc2nc(CCl)cs2)ccc1Br. The smallest absolute Gasteiger partial charge is 0.141 e. The molecule has 0 saturated carbocycles. The fourth-order valence-electron chi connectivity index (χ4n) is 1.35. The van der Waals surface area contributed by atoms with Gasteiger partial charge >= 0.3 is 0 Å². The number of benzene rings is 1. The first-order valence-electron chi connectivity index (χ1n) is 5.26. The molecular weight excluding hydrogens is 341 g/mol. The van der Waals surface area contributed by atoms with E-state index in [4.69, 9.17) is 16.3 Å². The first kappa shape index (κ1) is 13.8. The van der Waals surface area contributed by atoms with Crippen LogP contribution in [0.25, 0.3) is 0 Å². The monoisotopic (exact) mass is 349 g/mol. The Bertz CT molecular complexity index is 535. The number of halogens is 3. The number of alkyl halides is 1. The molecule has 0 amide bonds. The minimum Gasteiger partial charge on any atom is -0.493 e. The van der Waals surface area contributed by atoms with Crippen LogP contribution in [0, 0.1) is 5.82 Å². The number of aromatic nitrogens is 1. The molecule has 18 heavy (non-hydrogen) atoms. The molecule has 6 heteroatoms. The van der Waals surface area contributed by atoms with Gasteiger partial charge in [-0.1, -0.05) is 0 Å². The quantitative estimate of drug-likeness (QED) is 0.745. The van der Waals surface area contributed by atoms with E-state index in [9.17, 15) is 4.39 Å². The molecule has 0 aliphatic rings. The van der Waals surface area contributed by atoms with Crippen molar-refractivity contribution in [3.63, 3.8) is 0 Å². The van der Waals surface area contributed by atoms with Gasteiger partial charge in [0.2, 0.25) is 0 Å². The summed E-state index contributed by atoms with van der Waals surface area (Å²) in [5.41, 5.74) is 0.881. The Kier molecular flexibility index (Phi) is 4.97. The molecule has 0 bridgehead atoms. The van der Waals surface area contributed by atoms with Gasteiger partial charge in [0, 0.05) is 17.9 Å². The fraction of sp³-hybridized carbons (Fsp3) is 0.250. The summed E-state index contributed by atoms with van der Waals surface area (Å²) in [7, 11) is 0. The summed E-state index contributed by atoms with van der Waals surface area (Å²) >= 11 is 10.3. The molecular formula is C12H10BrClFNOS. The molecule has 0 fully saturated rings. The molecule has 2 rings (SSSR count). The largest absolute Gasteiger partial charge is 0.493 e. The summed E-state index contributed by atoms with van der Waals surface area (Å²) in [6.45, 7) is 0.469. The molecule has 0 aliphatic carbocycles. The Morgan fingerprint density at radius 1 is 1.44 bits per heavy atom. The van der Waals surface area contributed by atoms with Gasteiger partial charge in [0.1, 0.15) is 11.6 Å². The van der Waals surface area contributed by atoms with E-state index < -0.39 is 0 Å². The molecule has 0 N–H and O–H groups in total. The zero-order chi connectivity index (χ0) is 13.0. The number of hydrogen-bond donors (Lipinski definition) is 0. The van der Waals surface area contributed by atoms with E-state index in [0.717, 1.165) is 10.7 Å². The minimum absolute atomic E-state index is 0.328. The lowest BCUT2D eigenvalue weighted by atomic mass is 10.3. The standard InChI is InChI=1S/C12H10BrClFNOS/c13-10-2-1-9(5-11(10)15)17-4-3-12-16-8(6-14)7-18-12/h1-2,5,7H,3-4,6H2. The van der Waals surface area contributed by atoms with Gasteiger partial charge in [0.05, 0.1) is 27.7 Å². The number of rotatable bonds is 5. The maximum absolute atomic E-state index is 13.2. The molecule has 0 spiro atoms. The molecule has 1 heterocycles. The van der Waals surface area contributed by atoms with E-state index in [2.05, 4.69) is 20.9 Å². The van der Waals surface area contributed by atoms with E-state index in [-0.39, 0.29) is 5.82 Å². The zero-order valence-corrected chi connectivity index (χ0v) is 12.5. The summed E-state index contributed by atoms with van der Waals surface area (Å²) < 4.78 is 19.1. The van der Waals surface area contributed by atoms with Gasteiger partial charge in [0.15, 0.2) is 0 Å². The molecule has 1 aromatic carbocycles. The fourth-order valence-corrected chi connectivity index (χ4v) is 2.60. The summed E-state index contributed by atoms with van der Waals surface area (Å²) in [5, 5.41) is 2.91. The molecule has 1 aromatic heterocycles.